The van der Waals surface area contributed by atoms with Crippen LogP contribution in [0.3, 0.4) is 0 Å². The number of nitrogens with one attached hydrogen (secondary N) is 1. The summed E-state index contributed by atoms with van der Waals surface area (Å²) in [5.41, 5.74) is 2.58. The number of carbonyl (C=O) groups excluding carboxylic acids is 1. The fraction of sp³-hybridized carbons (Fsp3) is 0.588. The van der Waals surface area contributed by atoms with Crippen molar-refractivity contribution in [2.75, 3.05) is 20.1 Å². The second-order valence-electron chi connectivity index (χ2n) is 5.70. The van der Waals surface area contributed by atoms with Crippen molar-refractivity contribution >= 4 is 5.91 Å². The maximum Gasteiger partial charge on any atom is 0.222 e. The lowest BCUT2D eigenvalue weighted by atomic mass is 10.00. The molecule has 0 spiro atoms. The van der Waals surface area contributed by atoms with Gasteiger partial charge in [0.05, 0.1) is 0 Å². The quantitative estimate of drug-likeness (QED) is 0.915. The van der Waals surface area contributed by atoms with Crippen molar-refractivity contribution in [3.05, 3.63) is 35.4 Å². The van der Waals surface area contributed by atoms with Crippen LogP contribution >= 0.6 is 0 Å². The first-order valence-corrected chi connectivity index (χ1v) is 7.73. The lowest BCUT2D eigenvalue weighted by Gasteiger charge is -2.30. The van der Waals surface area contributed by atoms with Gasteiger partial charge in [-0.05, 0) is 37.9 Å². The van der Waals surface area contributed by atoms with Crippen LogP contribution in [0.1, 0.15) is 49.3 Å². The molecular weight excluding hydrogens is 248 g/mol. The maximum atomic E-state index is 12.2. The molecule has 1 heterocycles. The van der Waals surface area contributed by atoms with Crippen molar-refractivity contribution in [2.24, 2.45) is 0 Å². The average molecular weight is 274 g/mol. The molecule has 1 fully saturated rings. The van der Waals surface area contributed by atoms with E-state index in [1.54, 1.807) is 0 Å². The lowest BCUT2D eigenvalue weighted by molar-refractivity contribution is -0.132. The molecule has 3 heteroatoms. The summed E-state index contributed by atoms with van der Waals surface area (Å²) in [6, 6.07) is 8.65. The third-order valence-corrected chi connectivity index (χ3v) is 4.24. The van der Waals surface area contributed by atoms with Crippen LogP contribution in [0.2, 0.25) is 0 Å². The van der Waals surface area contributed by atoms with Crippen molar-refractivity contribution in [3.8, 4) is 0 Å². The van der Waals surface area contributed by atoms with E-state index < -0.39 is 0 Å². The van der Waals surface area contributed by atoms with Gasteiger partial charge in [0.2, 0.25) is 5.91 Å². The molecule has 1 aliphatic rings. The highest BCUT2D eigenvalue weighted by Gasteiger charge is 2.20. The molecule has 1 unspecified atom stereocenters. The molecule has 1 saturated heterocycles. The molecule has 2 rings (SSSR count). The van der Waals surface area contributed by atoms with E-state index in [9.17, 15) is 4.79 Å². The summed E-state index contributed by atoms with van der Waals surface area (Å²) < 4.78 is 0. The van der Waals surface area contributed by atoms with E-state index in [2.05, 4.69) is 36.5 Å². The highest BCUT2D eigenvalue weighted by atomic mass is 16.2. The molecule has 1 N–H and O–H groups in total. The van der Waals surface area contributed by atoms with Gasteiger partial charge in [-0.3, -0.25) is 4.79 Å². The molecule has 0 saturated carbocycles. The zero-order chi connectivity index (χ0) is 14.4. The van der Waals surface area contributed by atoms with Crippen molar-refractivity contribution < 1.29 is 4.79 Å². The minimum absolute atomic E-state index is 0.222. The fourth-order valence-electron chi connectivity index (χ4n) is 2.95. The van der Waals surface area contributed by atoms with Crippen LogP contribution in [0.15, 0.2) is 24.3 Å². The standard InChI is InChI=1S/C17H26N2O/c1-14-9-6-7-10-15(14)16(18-2)13-19-12-8-4-3-5-11-17(19)20/h6-7,9-10,16,18H,3-5,8,11-13H2,1-2H3. The number of hydrogen-bond donors (Lipinski definition) is 1. The Morgan fingerprint density at radius 1 is 1.20 bits per heavy atom. The van der Waals surface area contributed by atoms with E-state index in [0.29, 0.717) is 12.3 Å². The molecule has 1 atom stereocenters. The van der Waals surface area contributed by atoms with Crippen LogP contribution in [0.4, 0.5) is 0 Å². The molecule has 1 amide bonds. The summed E-state index contributed by atoms with van der Waals surface area (Å²) in [4.78, 5) is 14.3. The number of carbonyl (C=O) groups is 1. The smallest absolute Gasteiger partial charge is 0.222 e. The zero-order valence-electron chi connectivity index (χ0n) is 12.7. The summed E-state index contributed by atoms with van der Waals surface area (Å²) in [6.07, 6.45) is 5.34. The van der Waals surface area contributed by atoms with E-state index >= 15 is 0 Å². The van der Waals surface area contributed by atoms with Crippen LogP contribution < -0.4 is 5.32 Å². The predicted octanol–water partition coefficient (Wildman–Crippen LogP) is 3.05. The Morgan fingerprint density at radius 2 is 1.95 bits per heavy atom. The third kappa shape index (κ3) is 3.83. The average Bonchev–Trinajstić information content (AvgIpc) is 2.44. The minimum Gasteiger partial charge on any atom is -0.341 e. The number of amides is 1. The molecular formula is C17H26N2O. The second kappa shape index (κ2) is 7.44. The zero-order valence-corrected chi connectivity index (χ0v) is 12.7. The SMILES string of the molecule is CNC(CN1CCCCCCC1=O)c1ccccc1C. The molecule has 3 nitrogen and oxygen atoms in total. The lowest BCUT2D eigenvalue weighted by Crippen LogP contribution is -2.39. The van der Waals surface area contributed by atoms with Gasteiger partial charge < -0.3 is 10.2 Å². The Balaban J connectivity index is 2.08. The second-order valence-corrected chi connectivity index (χ2v) is 5.70. The molecule has 20 heavy (non-hydrogen) atoms. The Bertz CT molecular complexity index is 444. The number of likely N-dealkylation sites (tertiary alicyclic amines) is 1. The van der Waals surface area contributed by atoms with Gasteiger partial charge in [0.25, 0.3) is 0 Å². The van der Waals surface area contributed by atoms with Crippen molar-refractivity contribution in [2.45, 2.75) is 45.1 Å². The van der Waals surface area contributed by atoms with Gasteiger partial charge in [-0.15, -0.1) is 0 Å². The highest BCUT2D eigenvalue weighted by molar-refractivity contribution is 5.76. The summed E-state index contributed by atoms with van der Waals surface area (Å²) >= 11 is 0. The van der Waals surface area contributed by atoms with Crippen LogP contribution in [-0.2, 0) is 4.79 Å². The number of benzene rings is 1. The Morgan fingerprint density at radius 3 is 2.70 bits per heavy atom. The van der Waals surface area contributed by atoms with E-state index in [-0.39, 0.29) is 6.04 Å². The Kier molecular flexibility index (Phi) is 5.60. The summed E-state index contributed by atoms with van der Waals surface area (Å²) in [7, 11) is 1.98. The van der Waals surface area contributed by atoms with Gasteiger partial charge in [-0.25, -0.2) is 0 Å². The van der Waals surface area contributed by atoms with E-state index in [4.69, 9.17) is 0 Å². The van der Waals surface area contributed by atoms with Crippen LogP contribution in [0.5, 0.6) is 0 Å². The van der Waals surface area contributed by atoms with Crippen molar-refractivity contribution in [1.29, 1.82) is 0 Å². The summed E-state index contributed by atoms with van der Waals surface area (Å²) in [5.74, 6) is 0.318. The first-order valence-electron chi connectivity index (χ1n) is 7.73. The van der Waals surface area contributed by atoms with Gasteiger partial charge in [-0.2, -0.15) is 0 Å². The van der Waals surface area contributed by atoms with Crippen LogP contribution in [0.25, 0.3) is 0 Å². The molecule has 0 aliphatic carbocycles. The van der Waals surface area contributed by atoms with Gasteiger partial charge in [0, 0.05) is 25.6 Å². The van der Waals surface area contributed by atoms with E-state index in [0.717, 1.165) is 25.9 Å². The minimum atomic E-state index is 0.222. The molecule has 0 radical (unpaired) electrons. The predicted molar refractivity (Wildman–Crippen MR) is 82.6 cm³/mol. The summed E-state index contributed by atoms with van der Waals surface area (Å²) in [5, 5.41) is 3.37. The highest BCUT2D eigenvalue weighted by Crippen LogP contribution is 2.20. The van der Waals surface area contributed by atoms with Crippen molar-refractivity contribution in [3.63, 3.8) is 0 Å². The van der Waals surface area contributed by atoms with Crippen LogP contribution in [-0.4, -0.2) is 30.9 Å². The van der Waals surface area contributed by atoms with Crippen LogP contribution in [0, 0.1) is 6.92 Å². The number of hydrogen-bond acceptors (Lipinski definition) is 2. The molecule has 0 aromatic heterocycles. The first kappa shape index (κ1) is 15.0. The first-order chi connectivity index (χ1) is 9.72. The molecule has 1 aromatic carbocycles. The third-order valence-electron chi connectivity index (χ3n) is 4.24. The summed E-state index contributed by atoms with van der Waals surface area (Å²) in [6.45, 7) is 3.82. The largest absolute Gasteiger partial charge is 0.341 e. The molecule has 1 aromatic rings. The fourth-order valence-corrected chi connectivity index (χ4v) is 2.95. The molecule has 0 bridgehead atoms. The topological polar surface area (TPSA) is 32.3 Å². The normalized spacial score (nSPS) is 18.5. The maximum absolute atomic E-state index is 12.2. The Hall–Kier alpha value is -1.35. The van der Waals surface area contributed by atoms with Gasteiger partial charge >= 0.3 is 0 Å². The molecule has 110 valence electrons. The van der Waals surface area contributed by atoms with Gasteiger partial charge in [-0.1, -0.05) is 37.1 Å². The number of aryl methyl sites for hydroxylation is 1. The van der Waals surface area contributed by atoms with E-state index in [1.165, 1.54) is 24.0 Å². The van der Waals surface area contributed by atoms with Gasteiger partial charge in [0.15, 0.2) is 0 Å². The monoisotopic (exact) mass is 274 g/mol. The van der Waals surface area contributed by atoms with E-state index in [1.807, 2.05) is 11.9 Å². The number of likely N-dealkylation sites (N-methyl/N-ethyl adjacent to an activating group) is 1. The number of nitrogens with zero attached hydrogens (tertiary/aromatic N) is 1. The van der Waals surface area contributed by atoms with Gasteiger partial charge in [0.1, 0.15) is 0 Å². The molecule has 1 aliphatic heterocycles. The van der Waals surface area contributed by atoms with Crippen molar-refractivity contribution in [1.82, 2.24) is 10.2 Å². The Labute approximate surface area is 122 Å². The number of rotatable bonds is 4.